The van der Waals surface area contributed by atoms with Crippen molar-refractivity contribution < 1.29 is 4.74 Å². The molecule has 1 aliphatic carbocycles. The summed E-state index contributed by atoms with van der Waals surface area (Å²) in [6.45, 7) is 5.11. The fourth-order valence-corrected chi connectivity index (χ4v) is 2.87. The Kier molecular flexibility index (Phi) is 3.18. The zero-order chi connectivity index (χ0) is 14.2. The van der Waals surface area contributed by atoms with E-state index in [1.807, 2.05) is 13.1 Å². The van der Waals surface area contributed by atoms with Crippen LogP contribution in [0.1, 0.15) is 36.6 Å². The van der Waals surface area contributed by atoms with Gasteiger partial charge in [-0.25, -0.2) is 15.0 Å². The summed E-state index contributed by atoms with van der Waals surface area (Å²) >= 11 is 0. The molecule has 0 unspecified atom stereocenters. The summed E-state index contributed by atoms with van der Waals surface area (Å²) in [7, 11) is 0. The smallest absolute Gasteiger partial charge is 0.227 e. The van der Waals surface area contributed by atoms with Crippen LogP contribution in [-0.2, 0) is 4.74 Å². The van der Waals surface area contributed by atoms with E-state index in [4.69, 9.17) is 9.72 Å². The van der Waals surface area contributed by atoms with Gasteiger partial charge in [0.05, 0.1) is 24.6 Å². The number of anilines is 1. The van der Waals surface area contributed by atoms with Crippen molar-refractivity contribution in [2.75, 3.05) is 31.2 Å². The maximum atomic E-state index is 5.41. The third kappa shape index (κ3) is 2.33. The normalized spacial score (nSPS) is 19.8. The Balaban J connectivity index is 1.83. The van der Waals surface area contributed by atoms with Gasteiger partial charge in [0, 0.05) is 25.2 Å². The van der Waals surface area contributed by atoms with Crippen molar-refractivity contribution in [1.82, 2.24) is 19.9 Å². The minimum absolute atomic E-state index is 0.521. The third-order valence-corrected chi connectivity index (χ3v) is 4.33. The zero-order valence-electron chi connectivity index (χ0n) is 12.2. The Morgan fingerprint density at radius 3 is 2.67 bits per heavy atom. The van der Waals surface area contributed by atoms with Gasteiger partial charge in [-0.15, -0.1) is 0 Å². The predicted octanol–water partition coefficient (Wildman–Crippen LogP) is 1.83. The molecule has 2 aromatic heterocycles. The minimum Gasteiger partial charge on any atom is -0.378 e. The number of fused-ring (bicyclic) bond motifs is 1. The summed E-state index contributed by atoms with van der Waals surface area (Å²) in [6.07, 6.45) is 5.49. The van der Waals surface area contributed by atoms with Crippen LogP contribution < -0.4 is 4.90 Å². The first-order valence-electron chi connectivity index (χ1n) is 7.65. The lowest BCUT2D eigenvalue weighted by atomic mass is 9.82. The molecule has 6 heteroatoms. The fraction of sp³-hybridized carbons (Fsp3) is 0.600. The molecule has 110 valence electrons. The van der Waals surface area contributed by atoms with E-state index in [0.29, 0.717) is 5.92 Å². The van der Waals surface area contributed by atoms with Crippen molar-refractivity contribution in [3.05, 3.63) is 17.6 Å². The molecule has 3 heterocycles. The second kappa shape index (κ2) is 5.18. The molecule has 1 saturated carbocycles. The SMILES string of the molecule is Cc1cnc2c(C3CCC3)nc(N3CCOCC3)nc2n1. The predicted molar refractivity (Wildman–Crippen MR) is 79.5 cm³/mol. The molecule has 1 aliphatic heterocycles. The topological polar surface area (TPSA) is 64.0 Å². The lowest BCUT2D eigenvalue weighted by Crippen LogP contribution is -2.37. The monoisotopic (exact) mass is 285 g/mol. The number of aromatic nitrogens is 4. The van der Waals surface area contributed by atoms with E-state index in [1.54, 1.807) is 0 Å². The van der Waals surface area contributed by atoms with Crippen LogP contribution in [0, 0.1) is 6.92 Å². The Morgan fingerprint density at radius 1 is 1.14 bits per heavy atom. The number of hydrogen-bond donors (Lipinski definition) is 0. The third-order valence-electron chi connectivity index (χ3n) is 4.33. The molecule has 6 nitrogen and oxygen atoms in total. The number of ether oxygens (including phenoxy) is 1. The average molecular weight is 285 g/mol. The van der Waals surface area contributed by atoms with Gasteiger partial charge < -0.3 is 9.64 Å². The highest BCUT2D eigenvalue weighted by Crippen LogP contribution is 2.38. The van der Waals surface area contributed by atoms with Crippen LogP contribution in [-0.4, -0.2) is 46.2 Å². The summed E-state index contributed by atoms with van der Waals surface area (Å²) in [5, 5.41) is 0. The Hall–Kier alpha value is -1.82. The van der Waals surface area contributed by atoms with Crippen LogP contribution in [0.25, 0.3) is 11.2 Å². The highest BCUT2D eigenvalue weighted by molar-refractivity contribution is 5.74. The lowest BCUT2D eigenvalue weighted by Gasteiger charge is -2.29. The molecule has 4 rings (SSSR count). The van der Waals surface area contributed by atoms with E-state index in [0.717, 1.165) is 54.8 Å². The molecule has 0 bridgehead atoms. The molecule has 0 aromatic carbocycles. The van der Waals surface area contributed by atoms with E-state index in [1.165, 1.54) is 19.3 Å². The Morgan fingerprint density at radius 2 is 1.95 bits per heavy atom. The maximum absolute atomic E-state index is 5.41. The van der Waals surface area contributed by atoms with Gasteiger partial charge >= 0.3 is 0 Å². The molecule has 0 amide bonds. The fourth-order valence-electron chi connectivity index (χ4n) is 2.87. The second-order valence-electron chi connectivity index (χ2n) is 5.82. The van der Waals surface area contributed by atoms with E-state index >= 15 is 0 Å². The molecular formula is C15H19N5O. The van der Waals surface area contributed by atoms with Crippen molar-refractivity contribution in [2.24, 2.45) is 0 Å². The van der Waals surface area contributed by atoms with E-state index < -0.39 is 0 Å². The standard InChI is InChI=1S/C15H19N5O/c1-10-9-16-13-12(11-3-2-4-11)18-15(19-14(13)17-10)20-5-7-21-8-6-20/h9,11H,2-8H2,1H3. The van der Waals surface area contributed by atoms with Gasteiger partial charge in [-0.2, -0.15) is 4.98 Å². The van der Waals surface area contributed by atoms with Gasteiger partial charge in [-0.3, -0.25) is 0 Å². The van der Waals surface area contributed by atoms with Crippen molar-refractivity contribution in [3.8, 4) is 0 Å². The lowest BCUT2D eigenvalue weighted by molar-refractivity contribution is 0.122. The largest absolute Gasteiger partial charge is 0.378 e. The van der Waals surface area contributed by atoms with Crippen molar-refractivity contribution in [2.45, 2.75) is 32.1 Å². The van der Waals surface area contributed by atoms with Crippen LogP contribution in [0.15, 0.2) is 6.20 Å². The highest BCUT2D eigenvalue weighted by Gasteiger charge is 2.26. The summed E-state index contributed by atoms with van der Waals surface area (Å²) in [5.41, 5.74) is 3.59. The van der Waals surface area contributed by atoms with Crippen LogP contribution in [0.3, 0.4) is 0 Å². The molecule has 21 heavy (non-hydrogen) atoms. The molecule has 0 spiro atoms. The van der Waals surface area contributed by atoms with E-state index in [9.17, 15) is 0 Å². The van der Waals surface area contributed by atoms with E-state index in [-0.39, 0.29) is 0 Å². The molecule has 2 aromatic rings. The number of rotatable bonds is 2. The Bertz CT molecular complexity index is 664. The quantitative estimate of drug-likeness (QED) is 0.839. The second-order valence-corrected chi connectivity index (χ2v) is 5.82. The Labute approximate surface area is 123 Å². The van der Waals surface area contributed by atoms with Gasteiger partial charge in [-0.1, -0.05) is 6.42 Å². The first kappa shape index (κ1) is 12.9. The van der Waals surface area contributed by atoms with Crippen LogP contribution in [0.4, 0.5) is 5.95 Å². The molecule has 0 N–H and O–H groups in total. The van der Waals surface area contributed by atoms with Crippen molar-refractivity contribution >= 4 is 17.1 Å². The zero-order valence-corrected chi connectivity index (χ0v) is 12.2. The number of nitrogens with zero attached hydrogens (tertiary/aromatic N) is 5. The van der Waals surface area contributed by atoms with E-state index in [2.05, 4.69) is 19.9 Å². The van der Waals surface area contributed by atoms with Crippen LogP contribution in [0.2, 0.25) is 0 Å². The number of hydrogen-bond acceptors (Lipinski definition) is 6. The molecule has 0 atom stereocenters. The van der Waals surface area contributed by atoms with Crippen molar-refractivity contribution in [1.29, 1.82) is 0 Å². The summed E-state index contributed by atoms with van der Waals surface area (Å²) in [6, 6.07) is 0. The van der Waals surface area contributed by atoms with Gasteiger partial charge in [-0.05, 0) is 19.8 Å². The van der Waals surface area contributed by atoms with Gasteiger partial charge in [0.2, 0.25) is 5.95 Å². The minimum atomic E-state index is 0.521. The van der Waals surface area contributed by atoms with Crippen LogP contribution >= 0.6 is 0 Å². The number of aryl methyl sites for hydroxylation is 1. The first-order valence-corrected chi connectivity index (χ1v) is 7.65. The molecule has 0 radical (unpaired) electrons. The number of morpholine rings is 1. The van der Waals surface area contributed by atoms with Crippen molar-refractivity contribution in [3.63, 3.8) is 0 Å². The molecule has 2 aliphatic rings. The average Bonchev–Trinajstić information content (AvgIpc) is 2.46. The van der Waals surface area contributed by atoms with Gasteiger partial charge in [0.25, 0.3) is 0 Å². The molecule has 2 fully saturated rings. The summed E-state index contributed by atoms with van der Waals surface area (Å²) in [4.78, 5) is 20.8. The van der Waals surface area contributed by atoms with Crippen LogP contribution in [0.5, 0.6) is 0 Å². The summed E-state index contributed by atoms with van der Waals surface area (Å²) < 4.78 is 5.41. The molecular weight excluding hydrogens is 266 g/mol. The molecule has 1 saturated heterocycles. The van der Waals surface area contributed by atoms with Gasteiger partial charge in [0.15, 0.2) is 5.65 Å². The maximum Gasteiger partial charge on any atom is 0.227 e. The van der Waals surface area contributed by atoms with Gasteiger partial charge in [0.1, 0.15) is 5.52 Å². The first-order chi connectivity index (χ1) is 10.3. The highest BCUT2D eigenvalue weighted by atomic mass is 16.5. The summed E-state index contributed by atoms with van der Waals surface area (Å²) in [5.74, 6) is 1.31.